The first-order chi connectivity index (χ1) is 10.6. The fourth-order valence-corrected chi connectivity index (χ4v) is 3.22. The van der Waals surface area contributed by atoms with E-state index in [4.69, 9.17) is 11.1 Å². The van der Waals surface area contributed by atoms with Crippen LogP contribution in [-0.2, 0) is 0 Å². The maximum absolute atomic E-state index is 8.04. The molecule has 0 spiro atoms. The Hall–Kier alpha value is -1.85. The molecule has 110 valence electrons. The normalized spacial score (nSPS) is 10.6. The van der Waals surface area contributed by atoms with E-state index in [1.54, 1.807) is 4.90 Å². The van der Waals surface area contributed by atoms with E-state index in [0.717, 1.165) is 31.1 Å². The lowest BCUT2D eigenvalue weighted by Crippen LogP contribution is -2.32. The van der Waals surface area contributed by atoms with Crippen LogP contribution in [-0.4, -0.2) is 5.96 Å². The molecule has 0 heterocycles. The second kappa shape index (κ2) is 6.10. The van der Waals surface area contributed by atoms with Gasteiger partial charge >= 0.3 is 0 Å². The maximum atomic E-state index is 8.04. The highest BCUT2D eigenvalue weighted by Crippen LogP contribution is 2.37. The Kier molecular flexibility index (Phi) is 4.18. The summed E-state index contributed by atoms with van der Waals surface area (Å²) < 4.78 is 1.80. The number of halogens is 2. The summed E-state index contributed by atoms with van der Waals surface area (Å²) in [6, 6.07) is 19.9. The van der Waals surface area contributed by atoms with E-state index in [1.807, 2.05) is 60.7 Å². The zero-order valence-electron chi connectivity index (χ0n) is 11.6. The third-order valence-electron chi connectivity index (χ3n) is 3.40. The van der Waals surface area contributed by atoms with E-state index in [1.165, 1.54) is 0 Å². The number of hydrogen-bond acceptors (Lipinski definition) is 1. The third-order valence-corrected chi connectivity index (χ3v) is 4.56. The van der Waals surface area contributed by atoms with Crippen LogP contribution in [0.4, 0.5) is 11.4 Å². The zero-order chi connectivity index (χ0) is 15.7. The lowest BCUT2D eigenvalue weighted by molar-refractivity contribution is 1.25. The Morgan fingerprint density at radius 2 is 1.64 bits per heavy atom. The van der Waals surface area contributed by atoms with Crippen LogP contribution < -0.4 is 10.6 Å². The number of fused-ring (bicyclic) bond motifs is 1. The lowest BCUT2D eigenvalue weighted by Gasteiger charge is -2.25. The van der Waals surface area contributed by atoms with Crippen molar-refractivity contribution in [1.29, 1.82) is 5.41 Å². The lowest BCUT2D eigenvalue weighted by atomic mass is 10.1. The highest BCUT2D eigenvalue weighted by Gasteiger charge is 2.18. The molecule has 3 N–H and O–H groups in total. The first-order valence-corrected chi connectivity index (χ1v) is 8.23. The Morgan fingerprint density at radius 3 is 2.41 bits per heavy atom. The number of benzene rings is 3. The van der Waals surface area contributed by atoms with Crippen LogP contribution in [0.2, 0.25) is 0 Å². The number of nitrogens with one attached hydrogen (secondary N) is 1. The van der Waals surface area contributed by atoms with Gasteiger partial charge in [-0.2, -0.15) is 0 Å². The van der Waals surface area contributed by atoms with Gasteiger partial charge in [-0.1, -0.05) is 52.3 Å². The molecular formula is C17H13Br2N3. The van der Waals surface area contributed by atoms with Gasteiger partial charge in [0, 0.05) is 14.3 Å². The largest absolute Gasteiger partial charge is 0.369 e. The van der Waals surface area contributed by atoms with Crippen LogP contribution in [0.15, 0.2) is 69.6 Å². The molecule has 0 bridgehead atoms. The van der Waals surface area contributed by atoms with Crippen molar-refractivity contribution in [3.63, 3.8) is 0 Å². The average Bonchev–Trinajstić information content (AvgIpc) is 2.51. The van der Waals surface area contributed by atoms with Gasteiger partial charge in [-0.15, -0.1) is 0 Å². The van der Waals surface area contributed by atoms with Crippen LogP contribution in [0.1, 0.15) is 0 Å². The molecule has 0 unspecified atom stereocenters. The summed E-state index contributed by atoms with van der Waals surface area (Å²) in [7, 11) is 0. The third kappa shape index (κ3) is 2.74. The van der Waals surface area contributed by atoms with Crippen molar-refractivity contribution in [2.24, 2.45) is 5.73 Å². The number of anilines is 2. The first kappa shape index (κ1) is 15.1. The molecule has 22 heavy (non-hydrogen) atoms. The number of rotatable bonds is 2. The molecule has 0 aliphatic rings. The Balaban J connectivity index is 2.28. The van der Waals surface area contributed by atoms with Gasteiger partial charge in [0.25, 0.3) is 0 Å². The van der Waals surface area contributed by atoms with Crippen molar-refractivity contribution in [3.8, 4) is 0 Å². The van der Waals surface area contributed by atoms with Gasteiger partial charge in [-0.05, 0) is 45.6 Å². The molecule has 3 aromatic rings. The van der Waals surface area contributed by atoms with Crippen molar-refractivity contribution in [3.05, 3.63) is 69.6 Å². The number of hydrogen-bond donors (Lipinski definition) is 2. The molecule has 3 aromatic carbocycles. The van der Waals surface area contributed by atoms with E-state index in [-0.39, 0.29) is 5.96 Å². The molecule has 0 fully saturated rings. The predicted octanol–water partition coefficient (Wildman–Crippen LogP) is 5.40. The van der Waals surface area contributed by atoms with E-state index >= 15 is 0 Å². The van der Waals surface area contributed by atoms with Crippen molar-refractivity contribution in [2.75, 3.05) is 4.90 Å². The fraction of sp³-hybridized carbons (Fsp3) is 0. The maximum Gasteiger partial charge on any atom is 0.197 e. The highest BCUT2D eigenvalue weighted by atomic mass is 79.9. The minimum absolute atomic E-state index is 0.0323. The zero-order valence-corrected chi connectivity index (χ0v) is 14.7. The molecule has 0 amide bonds. The molecule has 3 rings (SSSR count). The van der Waals surface area contributed by atoms with Gasteiger partial charge < -0.3 is 5.73 Å². The monoisotopic (exact) mass is 417 g/mol. The quantitative estimate of drug-likeness (QED) is 0.432. The molecule has 0 atom stereocenters. The Morgan fingerprint density at radius 1 is 0.909 bits per heavy atom. The molecule has 3 nitrogen and oxygen atoms in total. The number of guanidine groups is 1. The molecule has 0 saturated carbocycles. The topological polar surface area (TPSA) is 53.1 Å². The average molecular weight is 419 g/mol. The molecule has 0 aliphatic heterocycles. The van der Waals surface area contributed by atoms with Crippen LogP contribution >= 0.6 is 31.9 Å². The minimum Gasteiger partial charge on any atom is -0.369 e. The van der Waals surface area contributed by atoms with Crippen LogP contribution in [0.3, 0.4) is 0 Å². The summed E-state index contributed by atoms with van der Waals surface area (Å²) in [6.07, 6.45) is 0. The predicted molar refractivity (Wildman–Crippen MR) is 99.8 cm³/mol. The number of nitrogens with zero attached hydrogens (tertiary/aromatic N) is 1. The van der Waals surface area contributed by atoms with E-state index < -0.39 is 0 Å². The molecule has 0 aliphatic carbocycles. The van der Waals surface area contributed by atoms with Gasteiger partial charge in [0.15, 0.2) is 5.96 Å². The summed E-state index contributed by atoms with van der Waals surface area (Å²) in [6.45, 7) is 0. The van der Waals surface area contributed by atoms with Gasteiger partial charge in [0.1, 0.15) is 0 Å². The van der Waals surface area contributed by atoms with Crippen LogP contribution in [0.25, 0.3) is 10.8 Å². The molecule has 0 radical (unpaired) electrons. The van der Waals surface area contributed by atoms with Crippen LogP contribution in [0, 0.1) is 5.41 Å². The summed E-state index contributed by atoms with van der Waals surface area (Å²) in [5.74, 6) is -0.0323. The first-order valence-electron chi connectivity index (χ1n) is 6.65. The highest BCUT2D eigenvalue weighted by molar-refractivity contribution is 9.11. The van der Waals surface area contributed by atoms with Crippen molar-refractivity contribution >= 4 is 60.0 Å². The van der Waals surface area contributed by atoms with Crippen LogP contribution in [0.5, 0.6) is 0 Å². The summed E-state index contributed by atoms with van der Waals surface area (Å²) >= 11 is 7.02. The van der Waals surface area contributed by atoms with Crippen molar-refractivity contribution in [1.82, 2.24) is 0 Å². The summed E-state index contributed by atoms with van der Waals surface area (Å²) in [5, 5.41) is 10.2. The SMILES string of the molecule is N=C(N)N(c1cc(Br)ccc1Br)c1cccc2ccccc12. The van der Waals surface area contributed by atoms with Crippen molar-refractivity contribution < 1.29 is 0 Å². The van der Waals surface area contributed by atoms with Gasteiger partial charge in [-0.25, -0.2) is 0 Å². The van der Waals surface area contributed by atoms with Gasteiger partial charge in [0.2, 0.25) is 0 Å². The van der Waals surface area contributed by atoms with Gasteiger partial charge in [-0.3, -0.25) is 10.3 Å². The van der Waals surface area contributed by atoms with E-state index in [9.17, 15) is 0 Å². The molecule has 5 heteroatoms. The van der Waals surface area contributed by atoms with Gasteiger partial charge in [0.05, 0.1) is 11.4 Å². The Labute approximate surface area is 145 Å². The molecule has 0 saturated heterocycles. The van der Waals surface area contributed by atoms with Crippen molar-refractivity contribution in [2.45, 2.75) is 0 Å². The minimum atomic E-state index is -0.0323. The molecule has 0 aromatic heterocycles. The standard InChI is InChI=1S/C17H13Br2N3/c18-12-8-9-14(19)16(10-12)22(17(20)21)15-7-3-5-11-4-1-2-6-13(11)15/h1-10H,(H3,20,21). The van der Waals surface area contributed by atoms with E-state index in [0.29, 0.717) is 0 Å². The Bertz CT molecular complexity index is 856. The summed E-state index contributed by atoms with van der Waals surface area (Å²) in [5.41, 5.74) is 7.58. The molecular weight excluding hydrogens is 406 g/mol. The number of nitrogens with two attached hydrogens (primary N) is 1. The second-order valence-electron chi connectivity index (χ2n) is 4.81. The summed E-state index contributed by atoms with van der Waals surface area (Å²) in [4.78, 5) is 1.73. The fourth-order valence-electron chi connectivity index (χ4n) is 2.45. The van der Waals surface area contributed by atoms with E-state index in [2.05, 4.69) is 31.9 Å². The second-order valence-corrected chi connectivity index (χ2v) is 6.58. The smallest absolute Gasteiger partial charge is 0.197 e.